The van der Waals surface area contributed by atoms with Crippen LogP contribution in [0.5, 0.6) is 0 Å². The molecule has 0 saturated carbocycles. The van der Waals surface area contributed by atoms with Crippen LogP contribution in [-0.2, 0) is 6.54 Å². The lowest BCUT2D eigenvalue weighted by molar-refractivity contribution is -0.384. The maximum Gasteiger partial charge on any atom is 0.269 e. The molecule has 7 heteroatoms. The molecule has 1 aliphatic rings. The Bertz CT molecular complexity index is 680. The Hall–Kier alpha value is -2.28. The molecule has 3 rings (SSSR count). The first-order chi connectivity index (χ1) is 10.5. The van der Waals surface area contributed by atoms with E-state index >= 15 is 0 Å². The predicted octanol–water partition coefficient (Wildman–Crippen LogP) is 2.68. The number of benzene rings is 1. The van der Waals surface area contributed by atoms with Crippen molar-refractivity contribution < 1.29 is 4.92 Å². The van der Waals surface area contributed by atoms with Crippen LogP contribution in [0.25, 0.3) is 0 Å². The number of nitrogens with one attached hydrogen (secondary N) is 1. The molecule has 1 N–H and O–H groups in total. The molecule has 1 aliphatic heterocycles. The molecule has 116 valence electrons. The van der Waals surface area contributed by atoms with E-state index in [4.69, 9.17) is 0 Å². The van der Waals surface area contributed by atoms with E-state index in [0.29, 0.717) is 0 Å². The first-order valence-electron chi connectivity index (χ1n) is 7.46. The van der Waals surface area contributed by atoms with Gasteiger partial charge in [0.2, 0.25) is 0 Å². The molecule has 0 aliphatic carbocycles. The number of rotatable bonds is 4. The summed E-state index contributed by atoms with van der Waals surface area (Å²) < 4.78 is 1.97. The average molecular weight is 301 g/mol. The van der Waals surface area contributed by atoms with Gasteiger partial charge in [0.25, 0.3) is 5.69 Å². The average Bonchev–Trinajstić information content (AvgIpc) is 2.88. The van der Waals surface area contributed by atoms with Crippen molar-refractivity contribution in [1.82, 2.24) is 20.1 Å². The lowest BCUT2D eigenvalue weighted by Gasteiger charge is -2.26. The van der Waals surface area contributed by atoms with Gasteiger partial charge < -0.3 is 5.32 Å². The van der Waals surface area contributed by atoms with E-state index in [1.165, 1.54) is 0 Å². The Labute approximate surface area is 128 Å². The van der Waals surface area contributed by atoms with E-state index < -0.39 is 0 Å². The van der Waals surface area contributed by atoms with Gasteiger partial charge in [-0.05, 0) is 32.3 Å². The highest BCUT2D eigenvalue weighted by Gasteiger charge is 2.25. The first kappa shape index (κ1) is 14.6. The Kier molecular flexibility index (Phi) is 3.89. The van der Waals surface area contributed by atoms with Gasteiger partial charge >= 0.3 is 0 Å². The molecule has 0 amide bonds. The summed E-state index contributed by atoms with van der Waals surface area (Å²) in [6.45, 7) is 4.88. The van der Waals surface area contributed by atoms with Gasteiger partial charge in [-0.25, -0.2) is 9.67 Å². The molecular weight excluding hydrogens is 282 g/mol. The molecule has 2 atom stereocenters. The Morgan fingerprint density at radius 2 is 2.14 bits per heavy atom. The van der Waals surface area contributed by atoms with E-state index in [0.717, 1.165) is 36.6 Å². The normalized spacial score (nSPS) is 18.7. The highest BCUT2D eigenvalue weighted by molar-refractivity contribution is 5.34. The molecule has 0 unspecified atom stereocenters. The van der Waals surface area contributed by atoms with Crippen LogP contribution in [0.2, 0.25) is 0 Å². The predicted molar refractivity (Wildman–Crippen MR) is 81.4 cm³/mol. The van der Waals surface area contributed by atoms with Crippen molar-refractivity contribution in [2.45, 2.75) is 45.3 Å². The van der Waals surface area contributed by atoms with E-state index in [2.05, 4.69) is 22.3 Å². The number of fused-ring (bicyclic) bond motifs is 1. The smallest absolute Gasteiger partial charge is 0.269 e. The van der Waals surface area contributed by atoms with Gasteiger partial charge in [0.1, 0.15) is 11.6 Å². The minimum Gasteiger partial charge on any atom is -0.301 e. The van der Waals surface area contributed by atoms with Crippen molar-refractivity contribution in [3.05, 3.63) is 51.6 Å². The molecule has 2 aromatic rings. The third-order valence-corrected chi connectivity index (χ3v) is 4.04. The second kappa shape index (κ2) is 5.84. The molecule has 22 heavy (non-hydrogen) atoms. The fraction of sp³-hybridized carbons (Fsp3) is 0.467. The summed E-state index contributed by atoms with van der Waals surface area (Å²) in [6, 6.07) is 6.94. The molecule has 0 spiro atoms. The van der Waals surface area contributed by atoms with Crippen LogP contribution in [0, 0.1) is 17.0 Å². The van der Waals surface area contributed by atoms with Crippen molar-refractivity contribution in [3.8, 4) is 0 Å². The van der Waals surface area contributed by atoms with Gasteiger partial charge in [-0.3, -0.25) is 10.1 Å². The number of non-ortho nitro benzene ring substituents is 1. The van der Waals surface area contributed by atoms with E-state index in [9.17, 15) is 10.1 Å². The highest BCUT2D eigenvalue weighted by Crippen LogP contribution is 2.27. The molecule has 0 saturated heterocycles. The van der Waals surface area contributed by atoms with Gasteiger partial charge in [-0.1, -0.05) is 12.1 Å². The van der Waals surface area contributed by atoms with Crippen LogP contribution in [0.15, 0.2) is 24.3 Å². The molecular formula is C15H19N5O2. The number of nitrogens with zero attached hydrogens (tertiary/aromatic N) is 4. The largest absolute Gasteiger partial charge is 0.301 e. The van der Waals surface area contributed by atoms with Crippen molar-refractivity contribution in [2.75, 3.05) is 0 Å². The third-order valence-electron chi connectivity index (χ3n) is 4.04. The van der Waals surface area contributed by atoms with Gasteiger partial charge in [-0.15, -0.1) is 0 Å². The minimum absolute atomic E-state index is 0.0920. The second-order valence-corrected chi connectivity index (χ2v) is 5.67. The minimum atomic E-state index is -0.381. The quantitative estimate of drug-likeness (QED) is 0.693. The highest BCUT2D eigenvalue weighted by atomic mass is 16.6. The van der Waals surface area contributed by atoms with Crippen LogP contribution < -0.4 is 5.32 Å². The Morgan fingerprint density at radius 1 is 1.41 bits per heavy atom. The SMILES string of the molecule is Cc1nc2n(n1)CCC[C@H]2N[C@@H](C)c1ccc([N+](=O)[O-])cc1. The number of hydrogen-bond acceptors (Lipinski definition) is 5. The van der Waals surface area contributed by atoms with Crippen molar-refractivity contribution in [2.24, 2.45) is 0 Å². The summed E-state index contributed by atoms with van der Waals surface area (Å²) in [5, 5.41) is 18.7. The maximum atomic E-state index is 10.7. The molecule has 2 heterocycles. The zero-order valence-corrected chi connectivity index (χ0v) is 12.7. The number of hydrogen-bond donors (Lipinski definition) is 1. The number of nitro groups is 1. The van der Waals surface area contributed by atoms with Crippen molar-refractivity contribution in [3.63, 3.8) is 0 Å². The third kappa shape index (κ3) is 2.85. The summed E-state index contributed by atoms with van der Waals surface area (Å²) in [6.07, 6.45) is 2.09. The zero-order chi connectivity index (χ0) is 15.7. The van der Waals surface area contributed by atoms with Gasteiger partial charge in [0.05, 0.1) is 11.0 Å². The molecule has 7 nitrogen and oxygen atoms in total. The second-order valence-electron chi connectivity index (χ2n) is 5.67. The molecule has 1 aromatic heterocycles. The summed E-state index contributed by atoms with van der Waals surface area (Å²) in [5.41, 5.74) is 1.14. The number of aromatic nitrogens is 3. The summed E-state index contributed by atoms with van der Waals surface area (Å²) >= 11 is 0. The van der Waals surface area contributed by atoms with Crippen LogP contribution in [-0.4, -0.2) is 19.7 Å². The van der Waals surface area contributed by atoms with Crippen LogP contribution in [0.3, 0.4) is 0 Å². The standard InChI is InChI=1S/C15H19N5O2/c1-10(12-5-7-13(8-6-12)20(21)22)16-14-4-3-9-19-15(14)17-11(2)18-19/h5-8,10,14,16H,3-4,9H2,1-2H3/t10-,14+/m0/s1. The lowest BCUT2D eigenvalue weighted by Crippen LogP contribution is -2.30. The number of nitro benzene ring substituents is 1. The maximum absolute atomic E-state index is 10.7. The molecule has 0 radical (unpaired) electrons. The summed E-state index contributed by atoms with van der Waals surface area (Å²) in [7, 11) is 0. The Balaban J connectivity index is 1.74. The zero-order valence-electron chi connectivity index (χ0n) is 12.7. The fourth-order valence-electron chi connectivity index (χ4n) is 2.91. The van der Waals surface area contributed by atoms with Gasteiger partial charge in [0, 0.05) is 24.7 Å². The van der Waals surface area contributed by atoms with Crippen molar-refractivity contribution in [1.29, 1.82) is 0 Å². The molecule has 1 aromatic carbocycles. The topological polar surface area (TPSA) is 85.9 Å². The fourth-order valence-corrected chi connectivity index (χ4v) is 2.91. The van der Waals surface area contributed by atoms with Crippen LogP contribution >= 0.6 is 0 Å². The monoisotopic (exact) mass is 301 g/mol. The lowest BCUT2D eigenvalue weighted by atomic mass is 10.0. The summed E-state index contributed by atoms with van der Waals surface area (Å²) in [4.78, 5) is 14.8. The molecule has 0 bridgehead atoms. The van der Waals surface area contributed by atoms with E-state index in [1.807, 2.05) is 11.6 Å². The van der Waals surface area contributed by atoms with Gasteiger partial charge in [-0.2, -0.15) is 5.10 Å². The number of aryl methyl sites for hydroxylation is 2. The summed E-state index contributed by atoms with van der Waals surface area (Å²) in [5.74, 6) is 1.78. The van der Waals surface area contributed by atoms with Crippen LogP contribution in [0.4, 0.5) is 5.69 Å². The van der Waals surface area contributed by atoms with Crippen LogP contribution in [0.1, 0.15) is 49.1 Å². The molecule has 0 fully saturated rings. The first-order valence-corrected chi connectivity index (χ1v) is 7.46. The Morgan fingerprint density at radius 3 is 2.82 bits per heavy atom. The van der Waals surface area contributed by atoms with E-state index in [-0.39, 0.29) is 22.7 Å². The van der Waals surface area contributed by atoms with E-state index in [1.54, 1.807) is 24.3 Å². The van der Waals surface area contributed by atoms with Gasteiger partial charge in [0.15, 0.2) is 0 Å². The van der Waals surface area contributed by atoms with Crippen molar-refractivity contribution >= 4 is 5.69 Å².